The number of rotatable bonds is 5. The van der Waals surface area contributed by atoms with Gasteiger partial charge in [-0.1, -0.05) is 6.92 Å². The van der Waals surface area contributed by atoms with Gasteiger partial charge < -0.3 is 5.32 Å². The molecule has 1 N–H and O–H groups in total. The highest BCUT2D eigenvalue weighted by Gasteiger charge is 2.23. The highest BCUT2D eigenvalue weighted by atomic mass is 32.2. The van der Waals surface area contributed by atoms with Crippen LogP contribution in [0.3, 0.4) is 0 Å². The Balaban J connectivity index is 1.62. The predicted molar refractivity (Wildman–Crippen MR) is 89.6 cm³/mol. The van der Waals surface area contributed by atoms with Gasteiger partial charge in [0.05, 0.1) is 5.69 Å². The maximum absolute atomic E-state index is 4.55. The van der Waals surface area contributed by atoms with Crippen LogP contribution in [-0.4, -0.2) is 31.8 Å². The van der Waals surface area contributed by atoms with E-state index in [0.29, 0.717) is 6.04 Å². The first kappa shape index (κ1) is 14.9. The van der Waals surface area contributed by atoms with Crippen molar-refractivity contribution in [3.05, 3.63) is 23.5 Å². The third-order valence-electron chi connectivity index (χ3n) is 4.30. The van der Waals surface area contributed by atoms with Gasteiger partial charge in [-0.25, -0.2) is 4.98 Å². The number of thioether (sulfide) groups is 1. The maximum atomic E-state index is 4.55. The first-order valence-electron chi connectivity index (χ1n) is 7.80. The topological polar surface area (TPSA) is 42.7 Å². The lowest BCUT2D eigenvalue weighted by Crippen LogP contribution is -2.26. The molecule has 2 aromatic rings. The summed E-state index contributed by atoms with van der Waals surface area (Å²) in [6.45, 7) is 5.21. The molecule has 0 spiro atoms. The molecule has 2 atom stereocenters. The molecule has 0 radical (unpaired) electrons. The molecular weight excluding hydrogens is 280 g/mol. The number of nitrogens with zero attached hydrogens (tertiary/aromatic N) is 3. The smallest absolute Gasteiger partial charge is 0.157 e. The van der Waals surface area contributed by atoms with Crippen molar-refractivity contribution in [3.63, 3.8) is 0 Å². The number of aryl methyl sites for hydroxylation is 2. The van der Waals surface area contributed by atoms with Crippen LogP contribution >= 0.6 is 11.8 Å². The molecule has 3 rings (SSSR count). The highest BCUT2D eigenvalue weighted by molar-refractivity contribution is 7.99. The molecule has 5 heteroatoms. The molecule has 1 saturated carbocycles. The lowest BCUT2D eigenvalue weighted by Gasteiger charge is -2.13. The fraction of sp³-hybridized carbons (Fsp3) is 0.625. The molecule has 1 aliphatic rings. The summed E-state index contributed by atoms with van der Waals surface area (Å²) in [5, 5.41) is 10.2. The second kappa shape index (κ2) is 6.36. The Labute approximate surface area is 130 Å². The summed E-state index contributed by atoms with van der Waals surface area (Å²) in [4.78, 5) is 4.55. The molecule has 0 bridgehead atoms. The van der Waals surface area contributed by atoms with Crippen molar-refractivity contribution in [3.8, 4) is 0 Å². The molecule has 21 heavy (non-hydrogen) atoms. The lowest BCUT2D eigenvalue weighted by atomic mass is 10.2. The Morgan fingerprint density at radius 1 is 1.43 bits per heavy atom. The minimum absolute atomic E-state index is 0.666. The lowest BCUT2D eigenvalue weighted by molar-refractivity contribution is 0.525. The zero-order valence-corrected chi connectivity index (χ0v) is 13.9. The van der Waals surface area contributed by atoms with Gasteiger partial charge in [-0.2, -0.15) is 16.9 Å². The largest absolute Gasteiger partial charge is 0.310 e. The number of nitrogens with one attached hydrogen (secondary N) is 1. The summed E-state index contributed by atoms with van der Waals surface area (Å²) >= 11 is 2.11. The molecule has 2 heterocycles. The normalized spacial score (nSPS) is 22.2. The first-order chi connectivity index (χ1) is 10.2. The van der Waals surface area contributed by atoms with Crippen molar-refractivity contribution < 1.29 is 0 Å². The molecule has 4 nitrogen and oxygen atoms in total. The van der Waals surface area contributed by atoms with Gasteiger partial charge in [0.1, 0.15) is 0 Å². The zero-order chi connectivity index (χ0) is 14.8. The molecule has 2 unspecified atom stereocenters. The average molecular weight is 304 g/mol. The Hall–Kier alpha value is -1.07. The van der Waals surface area contributed by atoms with Gasteiger partial charge in [-0.05, 0) is 43.6 Å². The van der Waals surface area contributed by atoms with Gasteiger partial charge in [-0.3, -0.25) is 4.68 Å². The van der Waals surface area contributed by atoms with Crippen molar-refractivity contribution in [2.24, 2.45) is 7.05 Å². The molecule has 1 fully saturated rings. The Kier molecular flexibility index (Phi) is 4.50. The second-order valence-electron chi connectivity index (χ2n) is 5.89. The van der Waals surface area contributed by atoms with Gasteiger partial charge in [0.15, 0.2) is 5.65 Å². The number of fused-ring (bicyclic) bond motifs is 1. The number of hydrogen-bond acceptors (Lipinski definition) is 4. The van der Waals surface area contributed by atoms with Gasteiger partial charge in [0.25, 0.3) is 0 Å². The van der Waals surface area contributed by atoms with Crippen molar-refractivity contribution in [1.82, 2.24) is 20.1 Å². The van der Waals surface area contributed by atoms with Gasteiger partial charge in [0.2, 0.25) is 0 Å². The van der Waals surface area contributed by atoms with E-state index >= 15 is 0 Å². The van der Waals surface area contributed by atoms with Crippen LogP contribution in [0.1, 0.15) is 37.4 Å². The zero-order valence-electron chi connectivity index (χ0n) is 13.1. The van der Waals surface area contributed by atoms with E-state index in [9.17, 15) is 0 Å². The first-order valence-corrected chi connectivity index (χ1v) is 8.85. The Morgan fingerprint density at radius 2 is 2.29 bits per heavy atom. The fourth-order valence-corrected chi connectivity index (χ4v) is 4.37. The van der Waals surface area contributed by atoms with Crippen molar-refractivity contribution in [2.75, 3.05) is 5.75 Å². The minimum Gasteiger partial charge on any atom is -0.310 e. The van der Waals surface area contributed by atoms with E-state index in [1.54, 1.807) is 0 Å². The van der Waals surface area contributed by atoms with Crippen molar-refractivity contribution in [2.45, 2.75) is 50.9 Å². The Bertz CT molecular complexity index is 622. The minimum atomic E-state index is 0.666. The van der Waals surface area contributed by atoms with Crippen LogP contribution in [0.5, 0.6) is 0 Å². The van der Waals surface area contributed by atoms with E-state index in [0.717, 1.165) is 23.1 Å². The summed E-state index contributed by atoms with van der Waals surface area (Å²) in [6, 6.07) is 2.89. The summed E-state index contributed by atoms with van der Waals surface area (Å²) in [5.41, 5.74) is 3.28. The summed E-state index contributed by atoms with van der Waals surface area (Å²) in [5.74, 6) is 1.23. The van der Waals surface area contributed by atoms with Gasteiger partial charge in [0, 0.05) is 36.5 Å². The monoisotopic (exact) mass is 304 g/mol. The van der Waals surface area contributed by atoms with Crippen LogP contribution in [0.4, 0.5) is 0 Å². The molecule has 0 amide bonds. The third kappa shape index (κ3) is 3.24. The molecule has 0 aliphatic heterocycles. The SMILES string of the molecule is CCSC1CCC(NCc2cnc3c(c2)c(C)nn3C)C1. The Morgan fingerprint density at radius 3 is 3.10 bits per heavy atom. The van der Waals surface area contributed by atoms with Crippen LogP contribution in [0.2, 0.25) is 0 Å². The van der Waals surface area contributed by atoms with Crippen LogP contribution in [0.25, 0.3) is 11.0 Å². The summed E-state index contributed by atoms with van der Waals surface area (Å²) < 4.78 is 1.85. The molecule has 114 valence electrons. The summed E-state index contributed by atoms with van der Waals surface area (Å²) in [6.07, 6.45) is 5.94. The maximum Gasteiger partial charge on any atom is 0.157 e. The van der Waals surface area contributed by atoms with Crippen LogP contribution in [0.15, 0.2) is 12.3 Å². The van der Waals surface area contributed by atoms with Gasteiger partial charge >= 0.3 is 0 Å². The predicted octanol–water partition coefficient (Wildman–Crippen LogP) is 3.04. The number of pyridine rings is 1. The van der Waals surface area contributed by atoms with Crippen molar-refractivity contribution in [1.29, 1.82) is 0 Å². The number of aromatic nitrogens is 3. The van der Waals surface area contributed by atoms with E-state index in [1.807, 2.05) is 24.9 Å². The summed E-state index contributed by atoms with van der Waals surface area (Å²) in [7, 11) is 1.95. The van der Waals surface area contributed by atoms with E-state index in [1.165, 1.54) is 36.0 Å². The van der Waals surface area contributed by atoms with E-state index in [4.69, 9.17) is 0 Å². The molecule has 0 saturated heterocycles. The van der Waals surface area contributed by atoms with Gasteiger partial charge in [-0.15, -0.1) is 0 Å². The van der Waals surface area contributed by atoms with Crippen molar-refractivity contribution >= 4 is 22.8 Å². The molecule has 1 aliphatic carbocycles. The van der Waals surface area contributed by atoms with E-state index < -0.39 is 0 Å². The fourth-order valence-electron chi connectivity index (χ4n) is 3.22. The standard InChI is InChI=1S/C16H24N4S/c1-4-21-14-6-5-13(8-14)17-9-12-7-15-11(2)19-20(3)16(15)18-10-12/h7,10,13-14,17H,4-6,8-9H2,1-3H3. The quantitative estimate of drug-likeness (QED) is 0.922. The van der Waals surface area contributed by atoms with Crippen LogP contribution in [0, 0.1) is 6.92 Å². The van der Waals surface area contributed by atoms with Crippen LogP contribution in [-0.2, 0) is 13.6 Å². The molecule has 0 aromatic carbocycles. The van der Waals surface area contributed by atoms with Crippen LogP contribution < -0.4 is 5.32 Å². The second-order valence-corrected chi connectivity index (χ2v) is 7.47. The third-order valence-corrected chi connectivity index (χ3v) is 5.53. The molecular formula is C16H24N4S. The average Bonchev–Trinajstić information content (AvgIpc) is 3.03. The molecule has 2 aromatic heterocycles. The van der Waals surface area contributed by atoms with E-state index in [-0.39, 0.29) is 0 Å². The highest BCUT2D eigenvalue weighted by Crippen LogP contribution is 2.29. The van der Waals surface area contributed by atoms with E-state index in [2.05, 4.69) is 40.2 Å². The number of hydrogen-bond donors (Lipinski definition) is 1.